The summed E-state index contributed by atoms with van der Waals surface area (Å²) in [4.78, 5) is -0.0710. The number of benzene rings is 1. The molecule has 0 aromatic heterocycles. The van der Waals surface area contributed by atoms with Gasteiger partial charge < -0.3 is 9.47 Å². The molecule has 1 unspecified atom stereocenters. The van der Waals surface area contributed by atoms with Gasteiger partial charge in [0.15, 0.2) is 11.5 Å². The Balaban J connectivity index is 2.26. The number of nitrogens with two attached hydrogens (primary N) is 1. The average molecular weight is 415 g/mol. The molecular weight excluding hydrogens is 400 g/mol. The molecule has 0 saturated heterocycles. The summed E-state index contributed by atoms with van der Waals surface area (Å²) in [7, 11) is -7.75. The third-order valence-corrected chi connectivity index (χ3v) is 6.68. The highest BCUT2D eigenvalue weighted by molar-refractivity contribution is 9.10. The second-order valence-corrected chi connectivity index (χ2v) is 9.25. The number of sulfonamides is 2. The molecule has 8 nitrogen and oxygen atoms in total. The van der Waals surface area contributed by atoms with E-state index in [-0.39, 0.29) is 15.9 Å². The van der Waals surface area contributed by atoms with Crippen LogP contribution in [0.3, 0.4) is 0 Å². The molecule has 124 valence electrons. The van der Waals surface area contributed by atoms with Gasteiger partial charge in [0, 0.05) is 17.1 Å². The Morgan fingerprint density at radius 1 is 1.23 bits per heavy atom. The van der Waals surface area contributed by atoms with Crippen LogP contribution in [0.15, 0.2) is 21.5 Å². The van der Waals surface area contributed by atoms with E-state index >= 15 is 0 Å². The molecule has 0 aliphatic carbocycles. The maximum atomic E-state index is 12.3. The van der Waals surface area contributed by atoms with Crippen molar-refractivity contribution in [3.8, 4) is 11.5 Å². The molecule has 1 aromatic rings. The van der Waals surface area contributed by atoms with Crippen molar-refractivity contribution in [2.75, 3.05) is 19.8 Å². The van der Waals surface area contributed by atoms with Gasteiger partial charge in [0.25, 0.3) is 0 Å². The van der Waals surface area contributed by atoms with Gasteiger partial charge in [-0.15, -0.1) is 0 Å². The fourth-order valence-corrected chi connectivity index (χ4v) is 4.26. The van der Waals surface area contributed by atoms with Crippen LogP contribution in [0.25, 0.3) is 0 Å². The lowest BCUT2D eigenvalue weighted by Crippen LogP contribution is -2.38. The first-order valence-corrected chi connectivity index (χ1v) is 10.1. The van der Waals surface area contributed by atoms with Crippen LogP contribution in [0.2, 0.25) is 0 Å². The summed E-state index contributed by atoms with van der Waals surface area (Å²) in [5, 5.41) is 3.92. The van der Waals surface area contributed by atoms with Gasteiger partial charge in [-0.2, -0.15) is 0 Å². The normalized spacial score (nSPS) is 16.3. The summed E-state index contributed by atoms with van der Waals surface area (Å²) in [5.41, 5.74) is 0. The molecule has 1 aliphatic heterocycles. The minimum atomic E-state index is -3.93. The van der Waals surface area contributed by atoms with Crippen LogP contribution >= 0.6 is 15.9 Å². The molecule has 11 heteroatoms. The van der Waals surface area contributed by atoms with Gasteiger partial charge in [-0.25, -0.2) is 26.7 Å². The number of rotatable bonds is 5. The van der Waals surface area contributed by atoms with Gasteiger partial charge in [-0.3, -0.25) is 0 Å². The second kappa shape index (κ2) is 6.32. The van der Waals surface area contributed by atoms with Crippen LogP contribution in [-0.4, -0.2) is 41.8 Å². The zero-order valence-corrected chi connectivity index (χ0v) is 14.8. The summed E-state index contributed by atoms with van der Waals surface area (Å²) in [6.45, 7) is 1.69. The van der Waals surface area contributed by atoms with Crippen molar-refractivity contribution < 1.29 is 26.3 Å². The van der Waals surface area contributed by atoms with E-state index < -0.39 is 25.3 Å². The molecule has 0 saturated carbocycles. The number of nitrogens with one attached hydrogen (secondary N) is 1. The highest BCUT2D eigenvalue weighted by Gasteiger charge is 2.25. The van der Waals surface area contributed by atoms with E-state index in [9.17, 15) is 16.8 Å². The van der Waals surface area contributed by atoms with Gasteiger partial charge in [-0.05, 0) is 28.9 Å². The van der Waals surface area contributed by atoms with Crippen LogP contribution in [0.5, 0.6) is 11.5 Å². The van der Waals surface area contributed by atoms with Crippen molar-refractivity contribution in [1.82, 2.24) is 4.72 Å². The van der Waals surface area contributed by atoms with Crippen molar-refractivity contribution in [1.29, 1.82) is 0 Å². The van der Waals surface area contributed by atoms with Gasteiger partial charge in [0.1, 0.15) is 18.1 Å². The topological polar surface area (TPSA) is 125 Å². The van der Waals surface area contributed by atoms with Crippen LogP contribution in [0.1, 0.15) is 6.92 Å². The number of hydrogen-bond acceptors (Lipinski definition) is 6. The first-order chi connectivity index (χ1) is 10.1. The number of halogens is 1. The monoisotopic (exact) mass is 414 g/mol. The minimum absolute atomic E-state index is 0.0710. The third kappa shape index (κ3) is 3.90. The highest BCUT2D eigenvalue weighted by Crippen LogP contribution is 2.37. The number of ether oxygens (including phenoxy) is 2. The quantitative estimate of drug-likeness (QED) is 0.707. The molecule has 1 aliphatic rings. The average Bonchev–Trinajstić information content (AvgIpc) is 2.42. The van der Waals surface area contributed by atoms with Crippen molar-refractivity contribution in [2.24, 2.45) is 5.14 Å². The zero-order valence-electron chi connectivity index (χ0n) is 11.6. The summed E-state index contributed by atoms with van der Waals surface area (Å²) in [6.07, 6.45) is 0. The molecule has 0 radical (unpaired) electrons. The first kappa shape index (κ1) is 17.5. The molecule has 0 fully saturated rings. The smallest absolute Gasteiger partial charge is 0.241 e. The summed E-state index contributed by atoms with van der Waals surface area (Å²) in [6, 6.07) is 2.81. The van der Waals surface area contributed by atoms with Gasteiger partial charge in [-0.1, -0.05) is 0 Å². The van der Waals surface area contributed by atoms with E-state index in [1.807, 2.05) is 0 Å². The molecular formula is C11H15BrN2O6S2. The second-order valence-electron chi connectivity index (χ2n) is 4.68. The Morgan fingerprint density at radius 3 is 2.32 bits per heavy atom. The Labute approximate surface area is 137 Å². The fourth-order valence-electron chi connectivity index (χ4n) is 1.67. The molecule has 1 heterocycles. The molecule has 1 aromatic carbocycles. The van der Waals surface area contributed by atoms with Crippen molar-refractivity contribution in [2.45, 2.75) is 17.1 Å². The SMILES string of the molecule is CC(CNS(=O)(=O)c1cc2c(cc1Br)OCCO2)S(N)(=O)=O. The third-order valence-electron chi connectivity index (χ3n) is 3.01. The fraction of sp³-hybridized carbons (Fsp3) is 0.455. The van der Waals surface area contributed by atoms with Crippen LogP contribution < -0.4 is 19.3 Å². The summed E-state index contributed by atoms with van der Waals surface area (Å²) < 4.78 is 60.1. The first-order valence-electron chi connectivity index (χ1n) is 6.21. The van der Waals surface area contributed by atoms with E-state index in [1.165, 1.54) is 19.1 Å². The molecule has 22 heavy (non-hydrogen) atoms. The molecule has 2 rings (SSSR count). The maximum Gasteiger partial charge on any atom is 0.241 e. The maximum absolute atomic E-state index is 12.3. The van der Waals surface area contributed by atoms with Crippen molar-refractivity contribution in [3.63, 3.8) is 0 Å². The molecule has 0 spiro atoms. The Hall–Kier alpha value is -0.880. The Bertz CT molecular complexity index is 778. The molecule has 0 amide bonds. The Kier molecular flexibility index (Phi) is 5.02. The highest BCUT2D eigenvalue weighted by atomic mass is 79.9. The Morgan fingerprint density at radius 2 is 1.77 bits per heavy atom. The van der Waals surface area contributed by atoms with Crippen LogP contribution in [-0.2, 0) is 20.0 Å². The predicted molar refractivity (Wildman–Crippen MR) is 82.9 cm³/mol. The number of primary sulfonamides is 1. The summed E-state index contributed by atoms with van der Waals surface area (Å²) >= 11 is 3.16. The van der Waals surface area contributed by atoms with Gasteiger partial charge in [0.05, 0.1) is 5.25 Å². The van der Waals surface area contributed by atoms with E-state index in [4.69, 9.17) is 14.6 Å². The lowest BCUT2D eigenvalue weighted by molar-refractivity contribution is 0.171. The van der Waals surface area contributed by atoms with E-state index in [0.717, 1.165) is 0 Å². The minimum Gasteiger partial charge on any atom is -0.486 e. The van der Waals surface area contributed by atoms with E-state index in [0.29, 0.717) is 24.7 Å². The van der Waals surface area contributed by atoms with Crippen molar-refractivity contribution >= 4 is 36.0 Å². The largest absolute Gasteiger partial charge is 0.486 e. The van der Waals surface area contributed by atoms with E-state index in [2.05, 4.69) is 20.7 Å². The number of fused-ring (bicyclic) bond motifs is 1. The molecule has 3 N–H and O–H groups in total. The molecule has 1 atom stereocenters. The van der Waals surface area contributed by atoms with Crippen LogP contribution in [0, 0.1) is 0 Å². The lowest BCUT2D eigenvalue weighted by Gasteiger charge is -2.20. The predicted octanol–water partition coefficient (Wildman–Crippen LogP) is 0.176. The van der Waals surface area contributed by atoms with Gasteiger partial charge >= 0.3 is 0 Å². The van der Waals surface area contributed by atoms with Crippen molar-refractivity contribution in [3.05, 3.63) is 16.6 Å². The standard InChI is InChI=1S/C11H15BrN2O6S2/c1-7(21(13,15)16)6-14-22(17,18)11-5-10-9(4-8(11)12)19-2-3-20-10/h4-5,7,14H,2-3,6H2,1H3,(H2,13,15,16). The summed E-state index contributed by atoms with van der Waals surface area (Å²) in [5.74, 6) is 0.754. The van der Waals surface area contributed by atoms with Crippen LogP contribution in [0.4, 0.5) is 0 Å². The number of hydrogen-bond donors (Lipinski definition) is 2. The lowest BCUT2D eigenvalue weighted by atomic mass is 10.3. The van der Waals surface area contributed by atoms with Gasteiger partial charge in [0.2, 0.25) is 20.0 Å². The molecule has 0 bridgehead atoms. The van der Waals surface area contributed by atoms with E-state index in [1.54, 1.807) is 0 Å². The zero-order chi connectivity index (χ0) is 16.5.